The lowest BCUT2D eigenvalue weighted by Gasteiger charge is -2.37. The van der Waals surface area contributed by atoms with E-state index >= 15 is 0 Å². The lowest BCUT2D eigenvalue weighted by atomic mass is 10.0. The molecule has 1 nitrogen and oxygen atoms in total. The van der Waals surface area contributed by atoms with Gasteiger partial charge in [0.25, 0.3) is 0 Å². The van der Waals surface area contributed by atoms with Gasteiger partial charge in [-0.05, 0) is 39.5 Å². The third-order valence-corrected chi connectivity index (χ3v) is 10.3. The molecule has 0 aliphatic carbocycles. The van der Waals surface area contributed by atoms with Gasteiger partial charge in [-0.1, -0.05) is 194 Å². The average molecular weight is 706 g/mol. The fourth-order valence-electron chi connectivity index (χ4n) is 6.96. The molecule has 0 aromatic rings. The van der Waals surface area contributed by atoms with Crippen LogP contribution in [0.4, 0.5) is 0 Å². The summed E-state index contributed by atoms with van der Waals surface area (Å²) in [5, 5.41) is 0. The summed E-state index contributed by atoms with van der Waals surface area (Å²) in [5.74, 6) is 0. The standard InChI is InChI=1S/C40H84N.HI/c1-5-9-11-13-15-17-19-21-23-25-27-29-31-33-35-37-39-41(7-3,8-4)40-38-36-34-32-30-28-26-24-22-20-18-16-14-12-10-6-2;/h5-40H2,1-4H3;1H/q+1;/p-1. The molecule has 0 heterocycles. The first-order valence-electron chi connectivity index (χ1n) is 20.1. The summed E-state index contributed by atoms with van der Waals surface area (Å²) in [7, 11) is 0. The molecule has 0 aromatic carbocycles. The van der Waals surface area contributed by atoms with Crippen LogP contribution in [0.2, 0.25) is 0 Å². The summed E-state index contributed by atoms with van der Waals surface area (Å²) in [6.07, 6.45) is 47.0. The number of hydrogen-bond donors (Lipinski definition) is 0. The van der Waals surface area contributed by atoms with Crippen molar-refractivity contribution in [2.75, 3.05) is 26.2 Å². The number of hydrogen-bond acceptors (Lipinski definition) is 0. The fraction of sp³-hybridized carbons (Fsp3) is 1.00. The van der Waals surface area contributed by atoms with E-state index in [0.29, 0.717) is 0 Å². The van der Waals surface area contributed by atoms with Crippen LogP contribution in [0.25, 0.3) is 0 Å². The summed E-state index contributed by atoms with van der Waals surface area (Å²) in [5.41, 5.74) is 0. The van der Waals surface area contributed by atoms with Gasteiger partial charge in [-0.3, -0.25) is 0 Å². The van der Waals surface area contributed by atoms with Gasteiger partial charge in [-0.2, -0.15) is 0 Å². The highest BCUT2D eigenvalue weighted by Gasteiger charge is 2.21. The molecule has 2 heteroatoms. The van der Waals surface area contributed by atoms with E-state index in [9.17, 15) is 0 Å². The van der Waals surface area contributed by atoms with Crippen molar-refractivity contribution >= 4 is 0 Å². The van der Waals surface area contributed by atoms with Crippen molar-refractivity contribution in [3.63, 3.8) is 0 Å². The highest BCUT2D eigenvalue weighted by atomic mass is 127. The van der Waals surface area contributed by atoms with Gasteiger partial charge in [0.1, 0.15) is 0 Å². The summed E-state index contributed by atoms with van der Waals surface area (Å²) >= 11 is 0. The zero-order valence-electron chi connectivity index (χ0n) is 30.3. The molecule has 0 unspecified atom stereocenters. The number of halogens is 1. The van der Waals surface area contributed by atoms with Crippen LogP contribution in [0.1, 0.15) is 233 Å². The minimum Gasteiger partial charge on any atom is -1.00 e. The summed E-state index contributed by atoms with van der Waals surface area (Å²) in [4.78, 5) is 0. The molecule has 0 aliphatic rings. The van der Waals surface area contributed by atoms with Gasteiger partial charge in [0, 0.05) is 0 Å². The topological polar surface area (TPSA) is 0 Å². The van der Waals surface area contributed by atoms with Crippen molar-refractivity contribution in [2.45, 2.75) is 233 Å². The Morgan fingerprint density at radius 3 is 0.571 bits per heavy atom. The maximum absolute atomic E-state index is 2.45. The molecule has 0 amide bonds. The van der Waals surface area contributed by atoms with Gasteiger partial charge < -0.3 is 28.5 Å². The van der Waals surface area contributed by atoms with Gasteiger partial charge in [0.2, 0.25) is 0 Å². The van der Waals surface area contributed by atoms with E-state index in [2.05, 4.69) is 27.7 Å². The predicted molar refractivity (Wildman–Crippen MR) is 190 cm³/mol. The van der Waals surface area contributed by atoms with Gasteiger partial charge in [0.05, 0.1) is 26.2 Å². The lowest BCUT2D eigenvalue weighted by Crippen LogP contribution is -3.00. The molecule has 0 spiro atoms. The number of quaternary nitrogens is 1. The molecule has 0 rings (SSSR count). The van der Waals surface area contributed by atoms with Crippen LogP contribution in [0.5, 0.6) is 0 Å². The Balaban J connectivity index is 0. The number of nitrogens with zero attached hydrogens (tertiary/aromatic N) is 1. The monoisotopic (exact) mass is 706 g/mol. The largest absolute Gasteiger partial charge is 1.00 e. The van der Waals surface area contributed by atoms with Gasteiger partial charge in [-0.25, -0.2) is 0 Å². The van der Waals surface area contributed by atoms with E-state index in [1.165, 1.54) is 236 Å². The van der Waals surface area contributed by atoms with Crippen LogP contribution in [0, 0.1) is 0 Å². The van der Waals surface area contributed by atoms with E-state index in [1.807, 2.05) is 0 Å². The Kier molecular flexibility index (Phi) is 40.4. The third kappa shape index (κ3) is 32.1. The van der Waals surface area contributed by atoms with Crippen molar-refractivity contribution in [2.24, 2.45) is 0 Å². The van der Waals surface area contributed by atoms with Crippen molar-refractivity contribution in [3.05, 3.63) is 0 Å². The maximum atomic E-state index is 2.45. The summed E-state index contributed by atoms with van der Waals surface area (Å²) in [6.45, 7) is 15.1. The molecule has 0 N–H and O–H groups in total. The van der Waals surface area contributed by atoms with Crippen LogP contribution in [-0.4, -0.2) is 30.7 Å². The van der Waals surface area contributed by atoms with E-state index in [0.717, 1.165) is 0 Å². The first-order valence-corrected chi connectivity index (χ1v) is 20.1. The van der Waals surface area contributed by atoms with Crippen LogP contribution in [0.15, 0.2) is 0 Å². The van der Waals surface area contributed by atoms with E-state index < -0.39 is 0 Å². The zero-order valence-corrected chi connectivity index (χ0v) is 32.4. The van der Waals surface area contributed by atoms with Crippen LogP contribution in [0.3, 0.4) is 0 Å². The second-order valence-electron chi connectivity index (χ2n) is 14.0. The molecule has 0 saturated carbocycles. The Bertz CT molecular complexity index is 423. The first-order chi connectivity index (χ1) is 20.2. The molecule has 42 heavy (non-hydrogen) atoms. The van der Waals surface area contributed by atoms with Crippen molar-refractivity contribution in [1.29, 1.82) is 0 Å². The van der Waals surface area contributed by atoms with E-state index in [1.54, 1.807) is 0 Å². The molecular formula is C40H84IN. The third-order valence-electron chi connectivity index (χ3n) is 10.3. The van der Waals surface area contributed by atoms with Crippen molar-refractivity contribution in [3.8, 4) is 0 Å². The molecule has 0 aliphatic heterocycles. The van der Waals surface area contributed by atoms with Gasteiger partial charge in [0.15, 0.2) is 0 Å². The molecule has 0 saturated heterocycles. The van der Waals surface area contributed by atoms with Gasteiger partial charge >= 0.3 is 0 Å². The highest BCUT2D eigenvalue weighted by Crippen LogP contribution is 2.18. The number of unbranched alkanes of at least 4 members (excludes halogenated alkanes) is 30. The van der Waals surface area contributed by atoms with Crippen LogP contribution < -0.4 is 24.0 Å². The fourth-order valence-corrected chi connectivity index (χ4v) is 6.96. The first kappa shape index (κ1) is 44.8. The normalized spacial score (nSPS) is 11.7. The quantitative estimate of drug-likeness (QED) is 0.0346. The minimum absolute atomic E-state index is 0. The van der Waals surface area contributed by atoms with E-state index in [-0.39, 0.29) is 24.0 Å². The SMILES string of the molecule is CCCCCCCCCCCCCCCCCC[N+](CC)(CC)CCCCCCCCCCCCCCCCCC.[I-]. The average Bonchev–Trinajstić information content (AvgIpc) is 2.99. The minimum atomic E-state index is 0. The van der Waals surface area contributed by atoms with Crippen LogP contribution >= 0.6 is 0 Å². The Morgan fingerprint density at radius 2 is 0.405 bits per heavy atom. The zero-order chi connectivity index (χ0) is 30.0. The summed E-state index contributed by atoms with van der Waals surface area (Å²) in [6, 6.07) is 0. The van der Waals surface area contributed by atoms with Gasteiger partial charge in [-0.15, -0.1) is 0 Å². The molecule has 256 valence electrons. The Labute approximate surface area is 286 Å². The maximum Gasteiger partial charge on any atom is 0.0786 e. The second kappa shape index (κ2) is 37.9. The molecule has 0 atom stereocenters. The molecule has 0 aromatic heterocycles. The van der Waals surface area contributed by atoms with Crippen molar-refractivity contribution < 1.29 is 28.5 Å². The lowest BCUT2D eigenvalue weighted by molar-refractivity contribution is -0.925. The summed E-state index contributed by atoms with van der Waals surface area (Å²) < 4.78 is 1.39. The predicted octanol–water partition coefficient (Wildman–Crippen LogP) is 11.4. The second-order valence-corrected chi connectivity index (χ2v) is 14.0. The Morgan fingerprint density at radius 1 is 0.238 bits per heavy atom. The van der Waals surface area contributed by atoms with E-state index in [4.69, 9.17) is 0 Å². The smallest absolute Gasteiger partial charge is 0.0786 e. The Hall–Kier alpha value is 0.690. The molecule has 0 bridgehead atoms. The van der Waals surface area contributed by atoms with Crippen LogP contribution in [-0.2, 0) is 0 Å². The van der Waals surface area contributed by atoms with Crippen molar-refractivity contribution in [1.82, 2.24) is 0 Å². The molecular weight excluding hydrogens is 621 g/mol. The molecule has 0 radical (unpaired) electrons. The molecule has 0 fully saturated rings. The number of rotatable bonds is 36. The highest BCUT2D eigenvalue weighted by molar-refractivity contribution is 4.53.